The number of amides is 1. The molecule has 0 aliphatic carbocycles. The summed E-state index contributed by atoms with van der Waals surface area (Å²) in [7, 11) is 1.52. The number of likely N-dealkylation sites (N-methyl/N-ethyl adjacent to an activating group) is 1. The lowest BCUT2D eigenvalue weighted by atomic mass is 9.71. The summed E-state index contributed by atoms with van der Waals surface area (Å²) in [6.45, 7) is 23.0. The summed E-state index contributed by atoms with van der Waals surface area (Å²) >= 11 is 0. The molecule has 0 bridgehead atoms. The fourth-order valence-corrected chi connectivity index (χ4v) is 7.75. The lowest BCUT2D eigenvalue weighted by molar-refractivity contribution is -0.870. The topological polar surface area (TPSA) is 105 Å². The van der Waals surface area contributed by atoms with E-state index in [0.717, 1.165) is 44.9 Å². The molecule has 0 saturated carbocycles. The largest absolute Gasteiger partial charge is 0.472 e. The summed E-state index contributed by atoms with van der Waals surface area (Å²) in [5, 5.41) is 13.9. The summed E-state index contributed by atoms with van der Waals surface area (Å²) in [4.78, 5) is 23.3. The Labute approximate surface area is 278 Å². The van der Waals surface area contributed by atoms with Gasteiger partial charge in [-0.3, -0.25) is 13.8 Å². The highest BCUT2D eigenvalue weighted by atomic mass is 31.2. The van der Waals surface area contributed by atoms with Crippen molar-refractivity contribution in [3.8, 4) is 0 Å². The Bertz CT molecular complexity index is 923. The Kier molecular flexibility index (Phi) is 19.0. The van der Waals surface area contributed by atoms with Crippen LogP contribution in [0.4, 0.5) is 0 Å². The van der Waals surface area contributed by atoms with Crippen LogP contribution in [0.25, 0.3) is 0 Å². The molecule has 0 aromatic heterocycles. The lowest BCUT2D eigenvalue weighted by Gasteiger charge is -2.35. The van der Waals surface area contributed by atoms with E-state index < -0.39 is 20.0 Å². The fourth-order valence-electron chi connectivity index (χ4n) is 7.02. The van der Waals surface area contributed by atoms with E-state index in [9.17, 15) is 19.4 Å². The minimum atomic E-state index is -4.36. The van der Waals surface area contributed by atoms with Gasteiger partial charge in [0, 0.05) is 6.42 Å². The number of nitrogens with zero attached hydrogens (tertiary/aromatic N) is 1. The van der Waals surface area contributed by atoms with Gasteiger partial charge in [-0.25, -0.2) is 4.57 Å². The van der Waals surface area contributed by atoms with Crippen LogP contribution in [0.1, 0.15) is 140 Å². The van der Waals surface area contributed by atoms with Crippen molar-refractivity contribution in [2.45, 2.75) is 152 Å². The molecule has 3 unspecified atom stereocenters. The maximum Gasteiger partial charge on any atom is 0.472 e. The summed E-state index contributed by atoms with van der Waals surface area (Å²) in [5.41, 5.74) is 0.792. The van der Waals surface area contributed by atoms with Gasteiger partial charge >= 0.3 is 7.82 Å². The van der Waals surface area contributed by atoms with E-state index in [-0.39, 0.29) is 40.8 Å². The molecule has 0 aliphatic rings. The van der Waals surface area contributed by atoms with E-state index in [1.54, 1.807) is 6.08 Å². The molecule has 1 amide bonds. The molecule has 0 rings (SSSR count). The van der Waals surface area contributed by atoms with Gasteiger partial charge in [0.1, 0.15) is 13.2 Å². The summed E-state index contributed by atoms with van der Waals surface area (Å²) < 4.78 is 23.6. The normalized spacial score (nSPS) is 16.5. The van der Waals surface area contributed by atoms with Crippen molar-refractivity contribution < 1.29 is 32.9 Å². The number of allylic oxidation sites excluding steroid dienone is 1. The Morgan fingerprint density at radius 2 is 1.33 bits per heavy atom. The standard InChI is InChI=1S/C36H73N2O6P/c1-14-21-33(3,4)28-35(7,8)23-17-16-19-31(39)30(27-44-45(41,42)43-26-25-38(11,12)13)37-32(40)20-18-24-36(9,10)29-34(5,6)22-15-2/h16,19,30-31,39H,14-15,17-18,20-29H2,1-13H3,(H-,37,40,41,42)/p+1. The van der Waals surface area contributed by atoms with Crippen molar-refractivity contribution in [3.05, 3.63) is 12.2 Å². The second kappa shape index (κ2) is 19.3. The molecule has 45 heavy (non-hydrogen) atoms. The van der Waals surface area contributed by atoms with Crippen LogP contribution in [-0.2, 0) is 18.4 Å². The van der Waals surface area contributed by atoms with Crippen molar-refractivity contribution in [2.75, 3.05) is 40.9 Å². The highest BCUT2D eigenvalue weighted by Crippen LogP contribution is 2.43. The predicted molar refractivity (Wildman–Crippen MR) is 189 cm³/mol. The zero-order valence-electron chi connectivity index (χ0n) is 31.6. The molecule has 0 radical (unpaired) electrons. The molecule has 0 saturated heterocycles. The smallest absolute Gasteiger partial charge is 0.387 e. The van der Waals surface area contributed by atoms with E-state index in [4.69, 9.17) is 9.05 Å². The van der Waals surface area contributed by atoms with Crippen molar-refractivity contribution in [1.29, 1.82) is 0 Å². The molecular formula is C36H74N2O6P+. The van der Waals surface area contributed by atoms with Gasteiger partial charge in [0.05, 0.1) is 39.9 Å². The summed E-state index contributed by atoms with van der Waals surface area (Å²) in [5.74, 6) is -0.210. The zero-order valence-corrected chi connectivity index (χ0v) is 32.5. The fraction of sp³-hybridized carbons (Fsp3) is 0.917. The number of nitrogens with one attached hydrogen (secondary N) is 1. The number of hydrogen-bond donors (Lipinski definition) is 3. The van der Waals surface area contributed by atoms with Gasteiger partial charge in [0.2, 0.25) is 5.91 Å². The van der Waals surface area contributed by atoms with Crippen LogP contribution in [0, 0.1) is 21.7 Å². The van der Waals surface area contributed by atoms with E-state index in [1.165, 1.54) is 19.3 Å². The molecule has 268 valence electrons. The van der Waals surface area contributed by atoms with Crippen molar-refractivity contribution in [2.24, 2.45) is 21.7 Å². The lowest BCUT2D eigenvalue weighted by Crippen LogP contribution is -2.45. The van der Waals surface area contributed by atoms with Gasteiger partial charge in [-0.05, 0) is 73.0 Å². The van der Waals surface area contributed by atoms with Crippen LogP contribution in [0.5, 0.6) is 0 Å². The first-order valence-electron chi connectivity index (χ1n) is 17.4. The second-order valence-corrected chi connectivity index (χ2v) is 19.1. The second-order valence-electron chi connectivity index (χ2n) is 17.6. The van der Waals surface area contributed by atoms with Gasteiger partial charge in [-0.2, -0.15) is 0 Å². The molecule has 0 aromatic carbocycles. The number of phosphoric acid groups is 1. The minimum Gasteiger partial charge on any atom is -0.387 e. The van der Waals surface area contributed by atoms with Crippen LogP contribution in [-0.4, -0.2) is 73.4 Å². The van der Waals surface area contributed by atoms with Crippen LogP contribution >= 0.6 is 7.82 Å². The quantitative estimate of drug-likeness (QED) is 0.0514. The van der Waals surface area contributed by atoms with E-state index in [0.29, 0.717) is 17.4 Å². The number of aliphatic hydroxyl groups excluding tert-OH is 1. The van der Waals surface area contributed by atoms with Crippen molar-refractivity contribution >= 4 is 13.7 Å². The molecule has 3 atom stereocenters. The molecule has 0 spiro atoms. The summed E-state index contributed by atoms with van der Waals surface area (Å²) in [6.07, 6.45) is 13.1. The molecule has 9 heteroatoms. The molecular weight excluding hydrogens is 587 g/mol. The van der Waals surface area contributed by atoms with Crippen LogP contribution in [0.15, 0.2) is 12.2 Å². The van der Waals surface area contributed by atoms with E-state index in [1.807, 2.05) is 27.2 Å². The van der Waals surface area contributed by atoms with E-state index >= 15 is 0 Å². The number of aliphatic hydroxyl groups is 1. The van der Waals surface area contributed by atoms with Gasteiger partial charge in [0.25, 0.3) is 0 Å². The Hall–Kier alpha value is -0.760. The molecule has 8 nitrogen and oxygen atoms in total. The van der Waals surface area contributed by atoms with Crippen LogP contribution in [0.3, 0.4) is 0 Å². The first kappa shape index (κ1) is 44.2. The van der Waals surface area contributed by atoms with Crippen LogP contribution < -0.4 is 5.32 Å². The van der Waals surface area contributed by atoms with Crippen LogP contribution in [0.2, 0.25) is 0 Å². The number of phosphoric ester groups is 1. The first-order valence-corrected chi connectivity index (χ1v) is 18.9. The van der Waals surface area contributed by atoms with Crippen molar-refractivity contribution in [3.63, 3.8) is 0 Å². The maximum absolute atomic E-state index is 13.0. The van der Waals surface area contributed by atoms with Crippen molar-refractivity contribution in [1.82, 2.24) is 5.32 Å². The SMILES string of the molecule is CCCC(C)(C)CC(C)(C)CCC=CC(O)C(COP(=O)(O)OCC[N+](C)(C)C)NC(=O)CCCC(C)(C)CC(C)(C)CCC. The predicted octanol–water partition coefficient (Wildman–Crippen LogP) is 8.66. The minimum absolute atomic E-state index is 0.0481. The van der Waals surface area contributed by atoms with Gasteiger partial charge in [-0.15, -0.1) is 0 Å². The number of hydrogen-bond acceptors (Lipinski definition) is 5. The number of rotatable bonds is 25. The Balaban J connectivity index is 5.36. The van der Waals surface area contributed by atoms with Gasteiger partial charge < -0.3 is 19.8 Å². The summed E-state index contributed by atoms with van der Waals surface area (Å²) in [6, 6.07) is -0.885. The third-order valence-electron chi connectivity index (χ3n) is 8.54. The number of carbonyl (C=O) groups excluding carboxylic acids is 1. The first-order chi connectivity index (χ1) is 20.3. The molecule has 3 N–H and O–H groups in total. The highest BCUT2D eigenvalue weighted by Gasteiger charge is 2.31. The van der Waals surface area contributed by atoms with Gasteiger partial charge in [0.15, 0.2) is 0 Å². The Morgan fingerprint density at radius 3 is 1.82 bits per heavy atom. The van der Waals surface area contributed by atoms with E-state index in [2.05, 4.69) is 74.6 Å². The molecule has 0 aliphatic heterocycles. The highest BCUT2D eigenvalue weighted by molar-refractivity contribution is 7.47. The third-order valence-corrected chi connectivity index (χ3v) is 9.52. The molecule has 0 fully saturated rings. The maximum atomic E-state index is 13.0. The number of quaternary nitrogens is 1. The third kappa shape index (κ3) is 23.3. The Morgan fingerprint density at radius 1 is 0.844 bits per heavy atom. The monoisotopic (exact) mass is 662 g/mol. The average Bonchev–Trinajstić information content (AvgIpc) is 2.81. The zero-order chi connectivity index (χ0) is 35.2. The molecule has 0 aromatic rings. The number of carbonyl (C=O) groups is 1. The van der Waals surface area contributed by atoms with Gasteiger partial charge in [-0.1, -0.05) is 94.2 Å². The average molecular weight is 662 g/mol. The molecule has 0 heterocycles.